The minimum atomic E-state index is -0.220. The topological polar surface area (TPSA) is 41.4 Å². The highest BCUT2D eigenvalue weighted by molar-refractivity contribution is 5.95. The Morgan fingerprint density at radius 2 is 2.03 bits per heavy atom. The van der Waals surface area contributed by atoms with E-state index in [-0.39, 0.29) is 22.8 Å². The van der Waals surface area contributed by atoms with E-state index in [2.05, 4.69) is 28.7 Å². The summed E-state index contributed by atoms with van der Waals surface area (Å²) in [7, 11) is 1.95. The van der Waals surface area contributed by atoms with Gasteiger partial charge < -0.3 is 9.80 Å². The molecule has 0 radical (unpaired) electrons. The van der Waals surface area contributed by atoms with Crippen molar-refractivity contribution in [3.05, 3.63) is 47.0 Å². The smallest absolute Gasteiger partial charge is 0.275 e. The number of hydrogen-bond acceptors (Lipinski definition) is 3. The van der Waals surface area contributed by atoms with Crippen LogP contribution in [0.15, 0.2) is 24.3 Å². The lowest BCUT2D eigenvalue weighted by Gasteiger charge is -2.35. The average molecular weight is 397 g/mol. The molecule has 5 nitrogen and oxygen atoms in total. The second kappa shape index (κ2) is 6.31. The molecule has 0 saturated carbocycles. The van der Waals surface area contributed by atoms with E-state index in [4.69, 9.17) is 0 Å². The van der Waals surface area contributed by atoms with Gasteiger partial charge in [0.25, 0.3) is 5.91 Å². The predicted molar refractivity (Wildman–Crippen MR) is 111 cm³/mol. The number of nitrogens with zero attached hydrogens (tertiary/aromatic N) is 4. The minimum absolute atomic E-state index is 0.0816. The van der Waals surface area contributed by atoms with Crippen molar-refractivity contribution >= 4 is 11.6 Å². The Kier molecular flexibility index (Phi) is 4.06. The number of halogens is 1. The molecule has 1 spiro atoms. The van der Waals surface area contributed by atoms with Crippen LogP contribution in [0.1, 0.15) is 61.3 Å². The standard InChI is InChI=1S/C23H29FN4O/c1-22(2)14-23(15-28(22)17-8-4-7-16(24)13-17)11-6-12-27(23)21(29)20-18-9-5-10-19(18)26(3)25-20/h4,7-8,13H,5-6,9-12,14-15H2,1-3H3. The highest BCUT2D eigenvalue weighted by atomic mass is 19.1. The zero-order valence-electron chi connectivity index (χ0n) is 17.5. The lowest BCUT2D eigenvalue weighted by Crippen LogP contribution is -2.49. The van der Waals surface area contributed by atoms with Crippen molar-refractivity contribution in [2.75, 3.05) is 18.0 Å². The van der Waals surface area contributed by atoms with Crippen LogP contribution in [-0.2, 0) is 19.9 Å². The van der Waals surface area contributed by atoms with Gasteiger partial charge in [0.15, 0.2) is 5.69 Å². The number of fused-ring (bicyclic) bond motifs is 1. The minimum Gasteiger partial charge on any atom is -0.364 e. The van der Waals surface area contributed by atoms with Gasteiger partial charge in [-0.3, -0.25) is 9.48 Å². The third-order valence-corrected chi connectivity index (χ3v) is 7.22. The van der Waals surface area contributed by atoms with Gasteiger partial charge in [-0.1, -0.05) is 6.07 Å². The van der Waals surface area contributed by atoms with E-state index in [0.717, 1.165) is 62.9 Å². The molecule has 3 heterocycles. The first kappa shape index (κ1) is 18.6. The number of benzene rings is 1. The highest BCUT2D eigenvalue weighted by Gasteiger charge is 2.55. The van der Waals surface area contributed by atoms with Gasteiger partial charge in [-0.25, -0.2) is 4.39 Å². The molecule has 0 N–H and O–H groups in total. The maximum atomic E-state index is 13.9. The van der Waals surface area contributed by atoms with Crippen LogP contribution < -0.4 is 4.90 Å². The first-order valence-corrected chi connectivity index (χ1v) is 10.7. The van der Waals surface area contributed by atoms with E-state index in [1.54, 1.807) is 12.1 Å². The van der Waals surface area contributed by atoms with E-state index >= 15 is 0 Å². The van der Waals surface area contributed by atoms with Crippen LogP contribution in [0.25, 0.3) is 0 Å². The molecule has 154 valence electrons. The van der Waals surface area contributed by atoms with Crippen LogP contribution in [-0.4, -0.2) is 44.8 Å². The summed E-state index contributed by atoms with van der Waals surface area (Å²) in [5.41, 5.74) is 3.56. The van der Waals surface area contributed by atoms with Crippen LogP contribution in [0, 0.1) is 5.82 Å². The van der Waals surface area contributed by atoms with Gasteiger partial charge in [-0.05, 0) is 70.6 Å². The van der Waals surface area contributed by atoms with Gasteiger partial charge in [0.1, 0.15) is 5.82 Å². The molecule has 1 aromatic carbocycles. The lowest BCUT2D eigenvalue weighted by atomic mass is 9.87. The molecular weight excluding hydrogens is 367 g/mol. The van der Waals surface area contributed by atoms with Crippen LogP contribution >= 0.6 is 0 Å². The number of aromatic nitrogens is 2. The van der Waals surface area contributed by atoms with Crippen molar-refractivity contribution in [2.24, 2.45) is 7.05 Å². The van der Waals surface area contributed by atoms with E-state index in [1.165, 1.54) is 11.8 Å². The van der Waals surface area contributed by atoms with E-state index in [1.807, 2.05) is 17.8 Å². The monoisotopic (exact) mass is 396 g/mol. The maximum Gasteiger partial charge on any atom is 0.275 e. The molecule has 0 bridgehead atoms. The molecule has 2 aliphatic heterocycles. The maximum absolute atomic E-state index is 13.9. The molecule has 2 aromatic rings. The molecule has 1 aromatic heterocycles. The third-order valence-electron chi connectivity index (χ3n) is 7.22. The van der Waals surface area contributed by atoms with Crippen LogP contribution in [0.4, 0.5) is 10.1 Å². The van der Waals surface area contributed by atoms with Crippen molar-refractivity contribution in [3.63, 3.8) is 0 Å². The number of rotatable bonds is 2. The Labute approximate surface area is 171 Å². The Hall–Kier alpha value is -2.37. The van der Waals surface area contributed by atoms with Gasteiger partial charge in [0, 0.05) is 42.6 Å². The molecule has 5 rings (SSSR count). The Morgan fingerprint density at radius 3 is 2.83 bits per heavy atom. The Bertz CT molecular complexity index is 981. The summed E-state index contributed by atoms with van der Waals surface area (Å²) in [6.07, 6.45) is 5.95. The molecule has 2 saturated heterocycles. The van der Waals surface area contributed by atoms with Crippen molar-refractivity contribution < 1.29 is 9.18 Å². The van der Waals surface area contributed by atoms with Gasteiger partial charge in [0.05, 0.1) is 5.54 Å². The lowest BCUT2D eigenvalue weighted by molar-refractivity contribution is 0.0609. The zero-order chi connectivity index (χ0) is 20.4. The summed E-state index contributed by atoms with van der Waals surface area (Å²) in [4.78, 5) is 18.0. The van der Waals surface area contributed by atoms with Crippen molar-refractivity contribution in [2.45, 2.75) is 63.5 Å². The summed E-state index contributed by atoms with van der Waals surface area (Å²) in [5.74, 6) is -0.138. The molecule has 1 unspecified atom stereocenters. The second-order valence-electron chi connectivity index (χ2n) is 9.59. The fraction of sp³-hybridized carbons (Fsp3) is 0.565. The number of likely N-dealkylation sites (tertiary alicyclic amines) is 1. The van der Waals surface area contributed by atoms with E-state index in [0.29, 0.717) is 5.69 Å². The van der Waals surface area contributed by atoms with Crippen molar-refractivity contribution in [1.82, 2.24) is 14.7 Å². The summed E-state index contributed by atoms with van der Waals surface area (Å²) in [6, 6.07) is 6.82. The molecule has 3 aliphatic rings. The van der Waals surface area contributed by atoms with Crippen LogP contribution in [0.5, 0.6) is 0 Å². The number of aryl methyl sites for hydroxylation is 1. The number of hydrogen-bond donors (Lipinski definition) is 0. The molecule has 2 fully saturated rings. The molecular formula is C23H29FN4O. The van der Waals surface area contributed by atoms with Gasteiger partial charge in [-0.2, -0.15) is 5.10 Å². The molecule has 6 heteroatoms. The van der Waals surface area contributed by atoms with Gasteiger partial charge >= 0.3 is 0 Å². The zero-order valence-corrected chi connectivity index (χ0v) is 17.5. The summed E-state index contributed by atoms with van der Waals surface area (Å²) in [6.45, 7) is 5.92. The van der Waals surface area contributed by atoms with Crippen molar-refractivity contribution in [3.8, 4) is 0 Å². The van der Waals surface area contributed by atoms with E-state index in [9.17, 15) is 9.18 Å². The summed E-state index contributed by atoms with van der Waals surface area (Å²) >= 11 is 0. The molecule has 1 amide bonds. The number of carbonyl (C=O) groups is 1. The van der Waals surface area contributed by atoms with Gasteiger partial charge in [0.2, 0.25) is 0 Å². The number of amides is 1. The fourth-order valence-corrected chi connectivity index (χ4v) is 6.06. The van der Waals surface area contributed by atoms with E-state index < -0.39 is 0 Å². The molecule has 1 aliphatic carbocycles. The Balaban J connectivity index is 1.49. The SMILES string of the molecule is Cn1nc(C(=O)N2CCCC23CN(c2cccc(F)c2)C(C)(C)C3)c2c1CCC2. The van der Waals surface area contributed by atoms with Crippen molar-refractivity contribution in [1.29, 1.82) is 0 Å². The second-order valence-corrected chi connectivity index (χ2v) is 9.59. The molecule has 29 heavy (non-hydrogen) atoms. The Morgan fingerprint density at radius 1 is 1.21 bits per heavy atom. The third kappa shape index (κ3) is 2.79. The summed E-state index contributed by atoms with van der Waals surface area (Å²) in [5, 5.41) is 4.62. The average Bonchev–Trinajstić information content (AvgIpc) is 3.40. The van der Waals surface area contributed by atoms with Gasteiger partial charge in [-0.15, -0.1) is 0 Å². The quantitative estimate of drug-likeness (QED) is 0.777. The first-order valence-electron chi connectivity index (χ1n) is 10.7. The van der Waals surface area contributed by atoms with Crippen LogP contribution in [0.2, 0.25) is 0 Å². The highest BCUT2D eigenvalue weighted by Crippen LogP contribution is 2.47. The number of anilines is 1. The predicted octanol–water partition coefficient (Wildman–Crippen LogP) is 3.71. The number of carbonyl (C=O) groups excluding carboxylic acids is 1. The largest absolute Gasteiger partial charge is 0.364 e. The first-order chi connectivity index (χ1) is 13.8. The summed E-state index contributed by atoms with van der Waals surface area (Å²) < 4.78 is 15.8. The molecule has 1 atom stereocenters. The normalized spacial score (nSPS) is 25.2. The van der Waals surface area contributed by atoms with Crippen LogP contribution in [0.3, 0.4) is 0 Å². The fourth-order valence-electron chi connectivity index (χ4n) is 6.06.